The molecule has 5 nitrogen and oxygen atoms in total. The van der Waals surface area contributed by atoms with E-state index in [-0.39, 0.29) is 23.4 Å². The van der Waals surface area contributed by atoms with Gasteiger partial charge in [0.1, 0.15) is 0 Å². The molecule has 1 aliphatic heterocycles. The Morgan fingerprint density at radius 3 is 2.65 bits per heavy atom. The Bertz CT molecular complexity index is 883. The van der Waals surface area contributed by atoms with Crippen molar-refractivity contribution in [2.24, 2.45) is 0 Å². The molecule has 2 aromatic rings. The normalized spacial score (nSPS) is 15.8. The molecule has 0 aromatic heterocycles. The molecular weight excluding hydrogens is 465 g/mol. The van der Waals surface area contributed by atoms with Crippen molar-refractivity contribution in [3.8, 4) is 11.5 Å². The Hall–Kier alpha value is -2.00. The van der Waals surface area contributed by atoms with E-state index in [0.29, 0.717) is 26.4 Å². The highest BCUT2D eigenvalue weighted by Crippen LogP contribution is 2.37. The molecule has 1 fully saturated rings. The van der Waals surface area contributed by atoms with Gasteiger partial charge >= 0.3 is 0 Å². The van der Waals surface area contributed by atoms with E-state index >= 15 is 0 Å². The number of halogens is 1. The minimum atomic E-state index is -0.315. The fraction of sp³-hybridized carbons (Fsp3) is 0.158. The van der Waals surface area contributed by atoms with Gasteiger partial charge in [0, 0.05) is 0 Å². The Morgan fingerprint density at radius 1 is 1.23 bits per heavy atom. The average molecular weight is 481 g/mol. The first-order valence-electron chi connectivity index (χ1n) is 7.94. The molecule has 1 aliphatic rings. The Labute approximate surface area is 169 Å². The van der Waals surface area contributed by atoms with Crippen LogP contribution in [0.2, 0.25) is 0 Å². The van der Waals surface area contributed by atoms with E-state index in [4.69, 9.17) is 4.74 Å². The molecule has 0 atom stereocenters. The van der Waals surface area contributed by atoms with Crippen molar-refractivity contribution in [2.75, 3.05) is 6.61 Å². The lowest BCUT2D eigenvalue weighted by atomic mass is 10.1. The molecule has 26 heavy (non-hydrogen) atoms. The summed E-state index contributed by atoms with van der Waals surface area (Å²) in [5, 5.41) is 9.74. The molecule has 134 valence electrons. The number of phenolic OH excluding ortho intramolecular Hbond substituents is 1. The SMILES string of the molecule is CCOc1cc(/C=C2\SC(=O)N(Cc3ccccc3)C2=O)cc(I)c1O. The van der Waals surface area contributed by atoms with Gasteiger partial charge in [-0.15, -0.1) is 0 Å². The number of ether oxygens (including phenoxy) is 1. The summed E-state index contributed by atoms with van der Waals surface area (Å²) >= 11 is 2.92. The summed E-state index contributed by atoms with van der Waals surface area (Å²) in [7, 11) is 0. The topological polar surface area (TPSA) is 66.8 Å². The van der Waals surface area contributed by atoms with Gasteiger partial charge in [0.25, 0.3) is 11.1 Å². The molecule has 0 bridgehead atoms. The monoisotopic (exact) mass is 481 g/mol. The van der Waals surface area contributed by atoms with E-state index in [1.807, 2.05) is 59.8 Å². The lowest BCUT2D eigenvalue weighted by Gasteiger charge is -2.12. The first-order valence-corrected chi connectivity index (χ1v) is 9.83. The number of carbonyl (C=O) groups excluding carboxylic acids is 2. The number of carbonyl (C=O) groups is 2. The predicted molar refractivity (Wildman–Crippen MR) is 110 cm³/mol. The van der Waals surface area contributed by atoms with Crippen LogP contribution in [-0.2, 0) is 11.3 Å². The second-order valence-electron chi connectivity index (χ2n) is 5.54. The van der Waals surface area contributed by atoms with Crippen molar-refractivity contribution < 1.29 is 19.4 Å². The molecule has 3 rings (SSSR count). The minimum absolute atomic E-state index is 0.0711. The summed E-state index contributed by atoms with van der Waals surface area (Å²) in [5.74, 6) is 0.112. The molecule has 0 radical (unpaired) electrons. The van der Waals surface area contributed by atoms with Crippen molar-refractivity contribution in [1.29, 1.82) is 0 Å². The number of benzene rings is 2. The number of thioether (sulfide) groups is 1. The van der Waals surface area contributed by atoms with Crippen LogP contribution in [0, 0.1) is 3.57 Å². The fourth-order valence-corrected chi connectivity index (χ4v) is 3.96. The molecule has 0 aliphatic carbocycles. The summed E-state index contributed by atoms with van der Waals surface area (Å²) in [6.07, 6.45) is 1.65. The van der Waals surface area contributed by atoms with Gasteiger partial charge in [0.05, 0.1) is 21.6 Å². The van der Waals surface area contributed by atoms with Gasteiger partial charge in [-0.05, 0) is 70.6 Å². The second-order valence-corrected chi connectivity index (χ2v) is 7.69. The van der Waals surface area contributed by atoms with Crippen LogP contribution in [-0.4, -0.2) is 27.8 Å². The van der Waals surface area contributed by atoms with Gasteiger partial charge in [-0.3, -0.25) is 14.5 Å². The summed E-state index contributed by atoms with van der Waals surface area (Å²) in [5.41, 5.74) is 1.59. The van der Waals surface area contributed by atoms with Crippen LogP contribution < -0.4 is 4.74 Å². The predicted octanol–water partition coefficient (Wildman–Crippen LogP) is 4.63. The Balaban J connectivity index is 1.86. The van der Waals surface area contributed by atoms with Gasteiger partial charge in [-0.1, -0.05) is 30.3 Å². The van der Waals surface area contributed by atoms with Crippen LogP contribution in [0.3, 0.4) is 0 Å². The molecule has 0 saturated carbocycles. The summed E-state index contributed by atoms with van der Waals surface area (Å²) in [6.45, 7) is 2.49. The molecule has 2 aromatic carbocycles. The number of rotatable bonds is 5. The Morgan fingerprint density at radius 2 is 1.96 bits per heavy atom. The number of phenols is 1. The van der Waals surface area contributed by atoms with E-state index < -0.39 is 0 Å². The highest BCUT2D eigenvalue weighted by molar-refractivity contribution is 14.1. The summed E-state index contributed by atoms with van der Waals surface area (Å²) in [4.78, 5) is 26.5. The number of nitrogens with zero attached hydrogens (tertiary/aromatic N) is 1. The quantitative estimate of drug-likeness (QED) is 0.499. The van der Waals surface area contributed by atoms with Gasteiger partial charge in [0.15, 0.2) is 11.5 Å². The summed E-state index contributed by atoms with van der Waals surface area (Å²) < 4.78 is 6.03. The largest absolute Gasteiger partial charge is 0.504 e. The Kier molecular flexibility index (Phi) is 5.87. The number of amides is 2. The zero-order valence-corrected chi connectivity index (χ0v) is 16.9. The van der Waals surface area contributed by atoms with E-state index in [9.17, 15) is 14.7 Å². The maximum Gasteiger partial charge on any atom is 0.293 e. The zero-order valence-electron chi connectivity index (χ0n) is 13.9. The number of hydrogen-bond donors (Lipinski definition) is 1. The van der Waals surface area contributed by atoms with Gasteiger partial charge < -0.3 is 9.84 Å². The minimum Gasteiger partial charge on any atom is -0.504 e. The third-order valence-electron chi connectivity index (χ3n) is 3.71. The number of hydrogen-bond acceptors (Lipinski definition) is 5. The van der Waals surface area contributed by atoms with Crippen molar-refractivity contribution >= 4 is 51.6 Å². The van der Waals surface area contributed by atoms with Crippen LogP contribution in [0.25, 0.3) is 6.08 Å². The molecule has 1 heterocycles. The van der Waals surface area contributed by atoms with Crippen LogP contribution in [0.4, 0.5) is 4.79 Å². The van der Waals surface area contributed by atoms with Gasteiger partial charge in [-0.2, -0.15) is 0 Å². The van der Waals surface area contributed by atoms with Gasteiger partial charge in [-0.25, -0.2) is 0 Å². The van der Waals surface area contributed by atoms with E-state index in [2.05, 4.69) is 0 Å². The molecule has 0 unspecified atom stereocenters. The zero-order chi connectivity index (χ0) is 18.7. The maximum atomic E-state index is 12.6. The van der Waals surface area contributed by atoms with E-state index in [1.165, 1.54) is 4.90 Å². The van der Waals surface area contributed by atoms with Crippen LogP contribution in [0.5, 0.6) is 11.5 Å². The molecule has 2 amide bonds. The highest BCUT2D eigenvalue weighted by atomic mass is 127. The van der Waals surface area contributed by atoms with Crippen LogP contribution in [0.1, 0.15) is 18.1 Å². The third kappa shape index (κ3) is 4.04. The standard InChI is InChI=1S/C19H16INO4S/c1-2-25-15-9-13(8-14(20)17(15)22)10-16-18(23)21(19(24)26-16)11-12-6-4-3-5-7-12/h3-10,22H,2,11H2,1H3/b16-10-. The van der Waals surface area contributed by atoms with Crippen molar-refractivity contribution in [2.45, 2.75) is 13.5 Å². The van der Waals surface area contributed by atoms with E-state index in [1.54, 1.807) is 18.2 Å². The lowest BCUT2D eigenvalue weighted by molar-refractivity contribution is -0.123. The van der Waals surface area contributed by atoms with Crippen molar-refractivity contribution in [3.63, 3.8) is 0 Å². The maximum absolute atomic E-state index is 12.6. The smallest absolute Gasteiger partial charge is 0.293 e. The van der Waals surface area contributed by atoms with Gasteiger partial charge in [0.2, 0.25) is 0 Å². The molecule has 1 saturated heterocycles. The third-order valence-corrected chi connectivity index (χ3v) is 5.44. The lowest BCUT2D eigenvalue weighted by Crippen LogP contribution is -2.27. The first-order chi connectivity index (χ1) is 12.5. The van der Waals surface area contributed by atoms with Crippen molar-refractivity contribution in [3.05, 3.63) is 62.1 Å². The molecular formula is C19H16INO4S. The number of aromatic hydroxyl groups is 1. The van der Waals surface area contributed by atoms with Crippen LogP contribution in [0.15, 0.2) is 47.4 Å². The van der Waals surface area contributed by atoms with Crippen LogP contribution >= 0.6 is 34.4 Å². The molecule has 1 N–H and O–H groups in total. The second kappa shape index (κ2) is 8.13. The fourth-order valence-electron chi connectivity index (χ4n) is 2.50. The first kappa shape index (κ1) is 18.8. The molecule has 7 heteroatoms. The highest BCUT2D eigenvalue weighted by Gasteiger charge is 2.35. The van der Waals surface area contributed by atoms with Crippen molar-refractivity contribution in [1.82, 2.24) is 4.90 Å². The average Bonchev–Trinajstić information content (AvgIpc) is 2.88. The number of imide groups is 1. The summed E-state index contributed by atoms with van der Waals surface area (Å²) in [6, 6.07) is 12.8. The van der Waals surface area contributed by atoms with E-state index in [0.717, 1.165) is 17.3 Å². The molecule has 0 spiro atoms.